The Bertz CT molecular complexity index is 531. The first-order valence-corrected chi connectivity index (χ1v) is 7.21. The topological polar surface area (TPSA) is 89.4 Å². The van der Waals surface area contributed by atoms with Gasteiger partial charge in [-0.25, -0.2) is 12.7 Å². The van der Waals surface area contributed by atoms with E-state index in [0.717, 1.165) is 0 Å². The maximum Gasteiger partial charge on any atom is 0.248 e. The molecule has 0 radical (unpaired) electrons. The van der Waals surface area contributed by atoms with E-state index >= 15 is 0 Å². The van der Waals surface area contributed by atoms with E-state index in [1.807, 2.05) is 0 Å². The fourth-order valence-electron chi connectivity index (χ4n) is 1.57. The lowest BCUT2D eigenvalue weighted by Crippen LogP contribution is -2.35. The minimum Gasteiger partial charge on any atom is -0.393 e. The number of thiocarbonyl (C=S) groups is 1. The second kappa shape index (κ2) is 5.33. The lowest BCUT2D eigenvalue weighted by atomic mass is 10.2. The lowest BCUT2D eigenvalue weighted by Gasteiger charge is -2.20. The van der Waals surface area contributed by atoms with Crippen LogP contribution in [0.2, 0.25) is 0 Å². The van der Waals surface area contributed by atoms with E-state index in [1.54, 1.807) is 20.8 Å². The normalized spacial score (nSPS) is 13.8. The van der Waals surface area contributed by atoms with Crippen LogP contribution in [-0.4, -0.2) is 36.5 Å². The maximum atomic E-state index is 12.3. The van der Waals surface area contributed by atoms with Crippen molar-refractivity contribution in [1.82, 2.24) is 9.46 Å². The van der Waals surface area contributed by atoms with Gasteiger partial charge in [0, 0.05) is 19.5 Å². The van der Waals surface area contributed by atoms with Crippen molar-refractivity contribution in [1.29, 1.82) is 0 Å². The summed E-state index contributed by atoms with van der Waals surface area (Å²) < 4.78 is 30.8. The van der Waals surface area contributed by atoms with Crippen molar-refractivity contribution >= 4 is 27.2 Å². The molecule has 8 heteroatoms. The molecule has 0 amide bonds. The minimum atomic E-state index is -3.62. The molecule has 2 N–H and O–H groups in total. The number of nitrogens with two attached hydrogens (primary N) is 1. The molecule has 0 aromatic carbocycles. The van der Waals surface area contributed by atoms with Gasteiger partial charge in [0.15, 0.2) is 5.76 Å². The number of aromatic nitrogens is 1. The van der Waals surface area contributed by atoms with Crippen molar-refractivity contribution in [2.45, 2.75) is 25.7 Å². The summed E-state index contributed by atoms with van der Waals surface area (Å²) in [6, 6.07) is 0. The zero-order valence-electron chi connectivity index (χ0n) is 10.8. The maximum absolute atomic E-state index is 12.3. The Hall–Kier alpha value is -0.990. The van der Waals surface area contributed by atoms with Gasteiger partial charge in [-0.05, 0) is 13.8 Å². The van der Waals surface area contributed by atoms with Gasteiger partial charge in [0.2, 0.25) is 10.0 Å². The average molecular weight is 291 g/mol. The van der Waals surface area contributed by atoms with Gasteiger partial charge in [0.25, 0.3) is 0 Å². The summed E-state index contributed by atoms with van der Waals surface area (Å²) in [5.41, 5.74) is 5.83. The van der Waals surface area contributed by atoms with E-state index in [4.69, 9.17) is 22.5 Å². The molecule has 0 aliphatic rings. The Morgan fingerprint density at radius 1 is 1.56 bits per heavy atom. The van der Waals surface area contributed by atoms with Gasteiger partial charge < -0.3 is 10.3 Å². The number of rotatable bonds is 5. The lowest BCUT2D eigenvalue weighted by molar-refractivity contribution is 0.389. The quantitative estimate of drug-likeness (QED) is 0.808. The van der Waals surface area contributed by atoms with Crippen molar-refractivity contribution in [3.63, 3.8) is 0 Å². The van der Waals surface area contributed by atoms with Gasteiger partial charge >= 0.3 is 0 Å². The standard InChI is InChI=1S/C10H17N3O3S2/c1-6(10(11)17)5-13(4)18(14,15)9-7(2)12-16-8(9)3/h6H,5H2,1-4H3,(H2,11,17). The van der Waals surface area contributed by atoms with E-state index < -0.39 is 10.0 Å². The van der Waals surface area contributed by atoms with Crippen molar-refractivity contribution in [3.8, 4) is 0 Å². The van der Waals surface area contributed by atoms with Crippen LogP contribution >= 0.6 is 12.2 Å². The van der Waals surface area contributed by atoms with E-state index in [2.05, 4.69) is 5.16 Å². The summed E-state index contributed by atoms with van der Waals surface area (Å²) in [6.07, 6.45) is 0. The van der Waals surface area contributed by atoms with E-state index in [-0.39, 0.29) is 28.1 Å². The average Bonchev–Trinajstić information content (AvgIpc) is 2.58. The van der Waals surface area contributed by atoms with Gasteiger partial charge in [-0.1, -0.05) is 24.3 Å². The van der Waals surface area contributed by atoms with Crippen LogP contribution in [0.15, 0.2) is 9.42 Å². The van der Waals surface area contributed by atoms with Gasteiger partial charge in [-0.15, -0.1) is 0 Å². The molecule has 0 saturated carbocycles. The molecule has 0 aliphatic heterocycles. The third-order valence-corrected chi connectivity index (χ3v) is 5.12. The highest BCUT2D eigenvalue weighted by molar-refractivity contribution is 7.89. The molecular formula is C10H17N3O3S2. The van der Waals surface area contributed by atoms with Crippen molar-refractivity contribution in [2.75, 3.05) is 13.6 Å². The zero-order valence-corrected chi connectivity index (χ0v) is 12.4. The Labute approximate surface area is 112 Å². The van der Waals surface area contributed by atoms with Crippen LogP contribution in [-0.2, 0) is 10.0 Å². The number of aryl methyl sites for hydroxylation is 2. The van der Waals surface area contributed by atoms with Gasteiger partial charge in [-0.3, -0.25) is 0 Å². The summed E-state index contributed by atoms with van der Waals surface area (Å²) >= 11 is 4.84. The highest BCUT2D eigenvalue weighted by Gasteiger charge is 2.29. The fraction of sp³-hybridized carbons (Fsp3) is 0.600. The van der Waals surface area contributed by atoms with Crippen molar-refractivity contribution in [2.24, 2.45) is 11.7 Å². The Kier molecular flexibility index (Phi) is 4.46. The number of hydrogen-bond acceptors (Lipinski definition) is 5. The Balaban J connectivity index is 3.05. The summed E-state index contributed by atoms with van der Waals surface area (Å²) in [5.74, 6) is 0.0857. The van der Waals surface area contributed by atoms with Gasteiger partial charge in [0.1, 0.15) is 10.6 Å². The van der Waals surface area contributed by atoms with Crippen LogP contribution < -0.4 is 5.73 Å². The summed E-state index contributed by atoms with van der Waals surface area (Å²) in [7, 11) is -2.14. The van der Waals surface area contributed by atoms with Crippen molar-refractivity contribution < 1.29 is 12.9 Å². The predicted octanol–water partition coefficient (Wildman–Crippen LogP) is 0.834. The van der Waals surface area contributed by atoms with Crippen LogP contribution in [0, 0.1) is 19.8 Å². The molecule has 0 spiro atoms. The van der Waals surface area contributed by atoms with Crippen LogP contribution in [0.3, 0.4) is 0 Å². The van der Waals surface area contributed by atoms with E-state index in [1.165, 1.54) is 11.4 Å². The Morgan fingerprint density at radius 2 is 2.11 bits per heavy atom. The molecule has 1 aromatic rings. The first-order valence-electron chi connectivity index (χ1n) is 5.36. The zero-order chi connectivity index (χ0) is 14.1. The monoisotopic (exact) mass is 291 g/mol. The van der Waals surface area contributed by atoms with Crippen molar-refractivity contribution in [3.05, 3.63) is 11.5 Å². The molecule has 1 rings (SSSR count). The Morgan fingerprint density at radius 3 is 2.50 bits per heavy atom. The van der Waals surface area contributed by atoms with Gasteiger partial charge in [0.05, 0.1) is 4.99 Å². The third kappa shape index (κ3) is 2.88. The molecule has 1 heterocycles. The smallest absolute Gasteiger partial charge is 0.248 e. The van der Waals surface area contributed by atoms with Crippen LogP contribution in [0.4, 0.5) is 0 Å². The molecule has 0 bridgehead atoms. The van der Waals surface area contributed by atoms with Crippen LogP contribution in [0.1, 0.15) is 18.4 Å². The summed E-state index contributed by atoms with van der Waals surface area (Å²) in [6.45, 7) is 5.16. The van der Waals surface area contributed by atoms with Gasteiger partial charge in [-0.2, -0.15) is 0 Å². The fourth-order valence-corrected chi connectivity index (χ4v) is 3.19. The molecule has 1 unspecified atom stereocenters. The van der Waals surface area contributed by atoms with E-state index in [0.29, 0.717) is 5.69 Å². The molecule has 0 fully saturated rings. The summed E-state index contributed by atoms with van der Waals surface area (Å²) in [5, 5.41) is 3.65. The number of sulfonamides is 1. The predicted molar refractivity (Wildman–Crippen MR) is 71.7 cm³/mol. The number of hydrogen-bond donors (Lipinski definition) is 1. The third-order valence-electron chi connectivity index (χ3n) is 2.65. The second-order valence-corrected chi connectivity index (χ2v) is 6.70. The summed E-state index contributed by atoms with van der Waals surface area (Å²) in [4.78, 5) is 0.399. The molecule has 18 heavy (non-hydrogen) atoms. The van der Waals surface area contributed by atoms with E-state index in [9.17, 15) is 8.42 Å². The first-order chi connectivity index (χ1) is 8.17. The first kappa shape index (κ1) is 15.1. The molecule has 0 aliphatic carbocycles. The highest BCUT2D eigenvalue weighted by Crippen LogP contribution is 2.22. The van der Waals surface area contributed by atoms with Crippen LogP contribution in [0.5, 0.6) is 0 Å². The molecule has 1 aromatic heterocycles. The number of nitrogens with zero attached hydrogens (tertiary/aromatic N) is 2. The van der Waals surface area contributed by atoms with Crippen LogP contribution in [0.25, 0.3) is 0 Å². The molecule has 1 atom stereocenters. The molecule has 6 nitrogen and oxygen atoms in total. The SMILES string of the molecule is Cc1noc(C)c1S(=O)(=O)N(C)CC(C)C(N)=S. The molecule has 102 valence electrons. The minimum absolute atomic E-state index is 0.111. The largest absolute Gasteiger partial charge is 0.393 e. The second-order valence-electron chi connectivity index (χ2n) is 4.24. The molecular weight excluding hydrogens is 274 g/mol. The highest BCUT2D eigenvalue weighted by atomic mass is 32.2. The molecule has 0 saturated heterocycles.